The average Bonchev–Trinajstić information content (AvgIpc) is 2.90. The van der Waals surface area contributed by atoms with Gasteiger partial charge in [-0.1, -0.05) is 0 Å². The van der Waals surface area contributed by atoms with E-state index in [2.05, 4.69) is 9.88 Å². The van der Waals surface area contributed by atoms with Crippen molar-refractivity contribution in [3.8, 4) is 11.4 Å². The van der Waals surface area contributed by atoms with Gasteiger partial charge >= 0.3 is 0 Å². The minimum absolute atomic E-state index is 0.0658. The molecule has 0 spiro atoms. The molecule has 0 unspecified atom stereocenters. The first-order valence-electron chi connectivity index (χ1n) is 8.02. The molecule has 1 fully saturated rings. The summed E-state index contributed by atoms with van der Waals surface area (Å²) in [7, 11) is 3.17. The SMILES string of the molecule is COc1ccc(-n2c(C)cc(/C=C3/C(=O)NC(=S)N(C)C3=O)c2C)cc1. The number of amides is 2. The summed E-state index contributed by atoms with van der Waals surface area (Å²) in [5, 5.41) is 2.64. The lowest BCUT2D eigenvalue weighted by Gasteiger charge is -2.25. The summed E-state index contributed by atoms with van der Waals surface area (Å²) in [5.74, 6) is -0.109. The number of rotatable bonds is 3. The highest BCUT2D eigenvalue weighted by Crippen LogP contribution is 2.25. The van der Waals surface area contributed by atoms with Gasteiger partial charge in [-0.15, -0.1) is 0 Å². The Morgan fingerprint density at radius 1 is 1.15 bits per heavy atom. The fourth-order valence-corrected chi connectivity index (χ4v) is 3.14. The van der Waals surface area contributed by atoms with E-state index >= 15 is 0 Å². The van der Waals surface area contributed by atoms with Crippen LogP contribution in [-0.4, -0.2) is 40.6 Å². The Morgan fingerprint density at radius 2 is 1.81 bits per heavy atom. The van der Waals surface area contributed by atoms with Crippen LogP contribution in [0.4, 0.5) is 0 Å². The average molecular weight is 369 g/mol. The van der Waals surface area contributed by atoms with Crippen molar-refractivity contribution in [2.24, 2.45) is 0 Å². The quantitative estimate of drug-likeness (QED) is 0.513. The molecule has 1 aliphatic heterocycles. The molecular formula is C19H19N3O3S. The molecule has 26 heavy (non-hydrogen) atoms. The molecule has 1 N–H and O–H groups in total. The summed E-state index contributed by atoms with van der Waals surface area (Å²) in [6.45, 7) is 3.92. The molecule has 2 heterocycles. The van der Waals surface area contributed by atoms with Crippen LogP contribution < -0.4 is 10.1 Å². The van der Waals surface area contributed by atoms with Crippen LogP contribution >= 0.6 is 12.2 Å². The van der Waals surface area contributed by atoms with E-state index in [9.17, 15) is 9.59 Å². The van der Waals surface area contributed by atoms with Gasteiger partial charge in [0.25, 0.3) is 11.8 Å². The molecule has 1 aliphatic rings. The number of nitrogens with zero attached hydrogens (tertiary/aromatic N) is 2. The normalized spacial score (nSPS) is 16.2. The zero-order valence-electron chi connectivity index (χ0n) is 15.0. The fraction of sp³-hybridized carbons (Fsp3) is 0.211. The van der Waals surface area contributed by atoms with Crippen LogP contribution in [0.3, 0.4) is 0 Å². The van der Waals surface area contributed by atoms with Gasteiger partial charge in [0.15, 0.2) is 5.11 Å². The third-order valence-electron chi connectivity index (χ3n) is 4.41. The highest BCUT2D eigenvalue weighted by atomic mass is 32.1. The van der Waals surface area contributed by atoms with E-state index < -0.39 is 11.8 Å². The maximum atomic E-state index is 12.4. The monoisotopic (exact) mass is 369 g/mol. The Kier molecular flexibility index (Phi) is 4.65. The third-order valence-corrected chi connectivity index (χ3v) is 4.78. The van der Waals surface area contributed by atoms with Gasteiger partial charge in [0.1, 0.15) is 11.3 Å². The predicted molar refractivity (Wildman–Crippen MR) is 103 cm³/mol. The summed E-state index contributed by atoms with van der Waals surface area (Å²) in [5.41, 5.74) is 3.76. The standard InChI is InChI=1S/C19H19N3O3S/c1-11-9-13(10-16-17(23)20-19(26)21(3)18(16)24)12(2)22(11)14-5-7-15(25-4)8-6-14/h5-10H,1-4H3,(H,20,23,26)/b16-10-. The molecule has 0 bridgehead atoms. The third kappa shape index (κ3) is 3.01. The first kappa shape index (κ1) is 17.9. The zero-order chi connectivity index (χ0) is 19.0. The van der Waals surface area contributed by atoms with E-state index in [-0.39, 0.29) is 10.7 Å². The van der Waals surface area contributed by atoms with E-state index in [1.807, 2.05) is 44.2 Å². The number of benzene rings is 1. The molecule has 3 rings (SSSR count). The molecule has 0 saturated carbocycles. The summed E-state index contributed by atoms with van der Waals surface area (Å²) in [6.07, 6.45) is 1.61. The highest BCUT2D eigenvalue weighted by molar-refractivity contribution is 7.80. The second-order valence-electron chi connectivity index (χ2n) is 6.04. The van der Waals surface area contributed by atoms with Crippen LogP contribution in [0.15, 0.2) is 35.9 Å². The lowest BCUT2D eigenvalue weighted by molar-refractivity contribution is -0.128. The van der Waals surface area contributed by atoms with E-state index in [1.165, 1.54) is 4.90 Å². The van der Waals surface area contributed by atoms with Crippen LogP contribution in [0.2, 0.25) is 0 Å². The highest BCUT2D eigenvalue weighted by Gasteiger charge is 2.31. The molecule has 6 nitrogen and oxygen atoms in total. The number of methoxy groups -OCH3 is 1. The number of aromatic nitrogens is 1. The Labute approximate surface area is 157 Å². The Hall–Kier alpha value is -2.93. The van der Waals surface area contributed by atoms with Crippen molar-refractivity contribution >= 4 is 35.2 Å². The molecule has 0 radical (unpaired) electrons. The first-order valence-corrected chi connectivity index (χ1v) is 8.42. The number of hydrogen-bond acceptors (Lipinski definition) is 4. The number of carbonyl (C=O) groups is 2. The van der Waals surface area contributed by atoms with Crippen molar-refractivity contribution in [1.29, 1.82) is 0 Å². The smallest absolute Gasteiger partial charge is 0.265 e. The zero-order valence-corrected chi connectivity index (χ0v) is 15.8. The Bertz CT molecular complexity index is 942. The maximum Gasteiger partial charge on any atom is 0.265 e. The number of thiocarbonyl (C=S) groups is 1. The molecule has 1 aromatic heterocycles. The minimum Gasteiger partial charge on any atom is -0.497 e. The van der Waals surface area contributed by atoms with Crippen molar-refractivity contribution in [2.75, 3.05) is 14.2 Å². The van der Waals surface area contributed by atoms with Gasteiger partial charge in [-0.25, -0.2) is 0 Å². The topological polar surface area (TPSA) is 63.6 Å². The molecule has 134 valence electrons. The lowest BCUT2D eigenvalue weighted by Crippen LogP contribution is -2.52. The van der Waals surface area contributed by atoms with Crippen LogP contribution in [0.1, 0.15) is 17.0 Å². The van der Waals surface area contributed by atoms with Crippen LogP contribution in [0.5, 0.6) is 5.75 Å². The number of ether oxygens (including phenoxy) is 1. The number of carbonyl (C=O) groups excluding carboxylic acids is 2. The predicted octanol–water partition coefficient (Wildman–Crippen LogP) is 2.36. The Morgan fingerprint density at radius 3 is 2.42 bits per heavy atom. The van der Waals surface area contributed by atoms with Gasteiger partial charge < -0.3 is 9.30 Å². The van der Waals surface area contributed by atoms with Crippen LogP contribution in [-0.2, 0) is 9.59 Å². The van der Waals surface area contributed by atoms with Gasteiger partial charge in [-0.05, 0) is 68.0 Å². The summed E-state index contributed by atoms with van der Waals surface area (Å²) in [4.78, 5) is 25.8. The maximum absolute atomic E-state index is 12.4. The molecule has 0 atom stereocenters. The Balaban J connectivity index is 2.03. The number of aryl methyl sites for hydroxylation is 1. The van der Waals surface area contributed by atoms with Gasteiger partial charge in [0.05, 0.1) is 7.11 Å². The van der Waals surface area contributed by atoms with Gasteiger partial charge in [0.2, 0.25) is 0 Å². The molecule has 1 saturated heterocycles. The number of likely N-dealkylation sites (N-methyl/N-ethyl adjacent to an activating group) is 1. The summed E-state index contributed by atoms with van der Waals surface area (Å²) < 4.78 is 7.26. The van der Waals surface area contributed by atoms with Gasteiger partial charge in [-0.3, -0.25) is 19.8 Å². The van der Waals surface area contributed by atoms with E-state index in [4.69, 9.17) is 17.0 Å². The second kappa shape index (κ2) is 6.76. The molecule has 7 heteroatoms. The van der Waals surface area contributed by atoms with Crippen molar-refractivity contribution in [3.05, 3.63) is 52.9 Å². The van der Waals surface area contributed by atoms with Crippen molar-refractivity contribution in [2.45, 2.75) is 13.8 Å². The van der Waals surface area contributed by atoms with Crippen molar-refractivity contribution in [3.63, 3.8) is 0 Å². The van der Waals surface area contributed by atoms with Crippen molar-refractivity contribution in [1.82, 2.24) is 14.8 Å². The molecule has 0 aliphatic carbocycles. The van der Waals surface area contributed by atoms with Gasteiger partial charge in [-0.2, -0.15) is 0 Å². The largest absolute Gasteiger partial charge is 0.497 e. The van der Waals surface area contributed by atoms with Gasteiger partial charge in [0, 0.05) is 24.1 Å². The number of nitrogens with one attached hydrogen (secondary N) is 1. The van der Waals surface area contributed by atoms with E-state index in [0.29, 0.717) is 0 Å². The minimum atomic E-state index is -0.479. The van der Waals surface area contributed by atoms with Crippen molar-refractivity contribution < 1.29 is 14.3 Å². The molecular weight excluding hydrogens is 350 g/mol. The molecule has 2 aromatic rings. The fourth-order valence-electron chi connectivity index (χ4n) is 2.96. The molecule has 1 aromatic carbocycles. The second-order valence-corrected chi connectivity index (χ2v) is 6.43. The van der Waals surface area contributed by atoms with E-state index in [0.717, 1.165) is 28.4 Å². The van der Waals surface area contributed by atoms with Crippen LogP contribution in [0, 0.1) is 13.8 Å². The van der Waals surface area contributed by atoms with E-state index in [1.54, 1.807) is 20.2 Å². The summed E-state index contributed by atoms with van der Waals surface area (Å²) in [6, 6.07) is 9.64. The summed E-state index contributed by atoms with van der Waals surface area (Å²) >= 11 is 4.97. The van der Waals surface area contributed by atoms with Crippen LogP contribution in [0.25, 0.3) is 11.8 Å². The lowest BCUT2D eigenvalue weighted by atomic mass is 10.1. The first-order chi connectivity index (χ1) is 12.3. The molecule has 2 amide bonds. The number of hydrogen-bond donors (Lipinski definition) is 1.